The first-order chi connectivity index (χ1) is 6.79. The van der Waals surface area contributed by atoms with Crippen LogP contribution in [0.5, 0.6) is 0 Å². The van der Waals surface area contributed by atoms with Crippen LogP contribution in [0, 0.1) is 0 Å². The molecule has 2 heterocycles. The quantitative estimate of drug-likeness (QED) is 0.718. The lowest BCUT2D eigenvalue weighted by atomic mass is 9.91. The van der Waals surface area contributed by atoms with Crippen LogP contribution in [-0.2, 0) is 4.74 Å². The van der Waals surface area contributed by atoms with E-state index in [1.807, 2.05) is 12.1 Å². The Morgan fingerprint density at radius 3 is 2.57 bits per heavy atom. The summed E-state index contributed by atoms with van der Waals surface area (Å²) in [6, 6.07) is 3.99. The minimum Gasteiger partial charge on any atom is -0.366 e. The molecule has 2 bridgehead atoms. The molecule has 1 aromatic rings. The van der Waals surface area contributed by atoms with Crippen molar-refractivity contribution in [3.05, 3.63) is 33.3 Å². The Labute approximate surface area is 90.4 Å². The summed E-state index contributed by atoms with van der Waals surface area (Å²) in [6.45, 7) is 0. The van der Waals surface area contributed by atoms with Gasteiger partial charge in [-0.15, -0.1) is 0 Å². The largest absolute Gasteiger partial charge is 0.366 e. The lowest BCUT2D eigenvalue weighted by Crippen LogP contribution is -1.99. The Kier molecular flexibility index (Phi) is 1.79. The highest BCUT2D eigenvalue weighted by Gasteiger charge is 2.38. The molecule has 3 rings (SSSR count). The van der Waals surface area contributed by atoms with Crippen molar-refractivity contribution in [3.8, 4) is 0 Å². The molecule has 0 aromatic heterocycles. The maximum atomic E-state index is 10.8. The van der Waals surface area contributed by atoms with E-state index in [-0.39, 0.29) is 12.2 Å². The fraction of sp³-hybridized carbons (Fsp3) is 0.364. The maximum absolute atomic E-state index is 10.8. The molecule has 0 spiro atoms. The standard InChI is InChI=1S/C11H9BrO2/c12-9-4-8-7(3-6(9)5-13)10-1-2-11(8)14-10/h3-5,10-11H,1-2H2/t10-,11-/m1/s1. The average molecular weight is 253 g/mol. The van der Waals surface area contributed by atoms with Gasteiger partial charge in [0.05, 0.1) is 12.2 Å². The van der Waals surface area contributed by atoms with Gasteiger partial charge in [-0.1, -0.05) is 15.9 Å². The zero-order valence-electron chi connectivity index (χ0n) is 7.50. The molecule has 1 fully saturated rings. The van der Waals surface area contributed by atoms with E-state index in [1.54, 1.807) is 0 Å². The topological polar surface area (TPSA) is 26.3 Å². The van der Waals surface area contributed by atoms with Gasteiger partial charge in [-0.2, -0.15) is 0 Å². The number of benzene rings is 1. The van der Waals surface area contributed by atoms with Crippen molar-refractivity contribution in [2.75, 3.05) is 0 Å². The summed E-state index contributed by atoms with van der Waals surface area (Å²) >= 11 is 3.39. The lowest BCUT2D eigenvalue weighted by Gasteiger charge is -2.12. The van der Waals surface area contributed by atoms with Crippen LogP contribution in [-0.4, -0.2) is 6.29 Å². The number of fused-ring (bicyclic) bond motifs is 5. The summed E-state index contributed by atoms with van der Waals surface area (Å²) in [5.41, 5.74) is 3.20. The van der Waals surface area contributed by atoms with E-state index in [2.05, 4.69) is 15.9 Å². The van der Waals surface area contributed by atoms with E-state index in [4.69, 9.17) is 4.74 Å². The van der Waals surface area contributed by atoms with Crippen molar-refractivity contribution in [1.82, 2.24) is 0 Å². The number of hydrogen-bond acceptors (Lipinski definition) is 2. The second-order valence-corrected chi connectivity index (χ2v) is 4.67. The number of hydrogen-bond donors (Lipinski definition) is 0. The van der Waals surface area contributed by atoms with Gasteiger partial charge in [-0.25, -0.2) is 0 Å². The Balaban J connectivity index is 2.20. The molecule has 3 heteroatoms. The smallest absolute Gasteiger partial charge is 0.151 e. The number of aldehydes is 1. The molecule has 0 unspecified atom stereocenters. The van der Waals surface area contributed by atoms with Gasteiger partial charge in [0.15, 0.2) is 6.29 Å². The molecule has 2 aliphatic rings. The number of carbonyl (C=O) groups is 1. The van der Waals surface area contributed by atoms with E-state index in [0.29, 0.717) is 0 Å². The first-order valence-corrected chi connectivity index (χ1v) is 5.53. The van der Waals surface area contributed by atoms with Crippen molar-refractivity contribution in [3.63, 3.8) is 0 Å². The van der Waals surface area contributed by atoms with E-state index in [9.17, 15) is 4.79 Å². The zero-order chi connectivity index (χ0) is 9.71. The van der Waals surface area contributed by atoms with E-state index in [0.717, 1.165) is 29.2 Å². The minimum absolute atomic E-state index is 0.238. The second kappa shape index (κ2) is 2.91. The molecule has 0 saturated carbocycles. The molecule has 2 atom stereocenters. The first-order valence-electron chi connectivity index (χ1n) is 4.73. The van der Waals surface area contributed by atoms with Crippen LogP contribution in [0.15, 0.2) is 16.6 Å². The SMILES string of the molecule is O=Cc1cc2c(cc1Br)[C@H]1CC[C@H]2O1. The van der Waals surface area contributed by atoms with Crippen LogP contribution in [0.25, 0.3) is 0 Å². The van der Waals surface area contributed by atoms with Crippen LogP contribution in [0.2, 0.25) is 0 Å². The fourth-order valence-electron chi connectivity index (χ4n) is 2.37. The summed E-state index contributed by atoms with van der Waals surface area (Å²) in [6.07, 6.45) is 3.60. The molecule has 0 radical (unpaired) electrons. The monoisotopic (exact) mass is 252 g/mol. The highest BCUT2D eigenvalue weighted by molar-refractivity contribution is 9.10. The van der Waals surface area contributed by atoms with Gasteiger partial charge in [0, 0.05) is 10.0 Å². The average Bonchev–Trinajstić information content (AvgIpc) is 2.77. The summed E-state index contributed by atoms with van der Waals surface area (Å²) in [5, 5.41) is 0. The Hall–Kier alpha value is -0.670. The lowest BCUT2D eigenvalue weighted by molar-refractivity contribution is 0.0716. The van der Waals surface area contributed by atoms with Gasteiger partial charge >= 0.3 is 0 Å². The molecular formula is C11H9BrO2. The molecule has 14 heavy (non-hydrogen) atoms. The Morgan fingerprint density at radius 2 is 1.93 bits per heavy atom. The van der Waals surface area contributed by atoms with Crippen LogP contribution in [0.3, 0.4) is 0 Å². The highest BCUT2D eigenvalue weighted by atomic mass is 79.9. The summed E-state index contributed by atoms with van der Waals surface area (Å²) < 4.78 is 6.64. The Bertz CT molecular complexity index is 414. The molecule has 2 nitrogen and oxygen atoms in total. The van der Waals surface area contributed by atoms with Crippen molar-refractivity contribution in [1.29, 1.82) is 0 Å². The number of halogens is 1. The van der Waals surface area contributed by atoms with Gasteiger partial charge in [0.25, 0.3) is 0 Å². The van der Waals surface area contributed by atoms with E-state index < -0.39 is 0 Å². The minimum atomic E-state index is 0.238. The third kappa shape index (κ3) is 1.03. The zero-order valence-corrected chi connectivity index (χ0v) is 9.08. The van der Waals surface area contributed by atoms with E-state index in [1.165, 1.54) is 11.1 Å². The van der Waals surface area contributed by atoms with Gasteiger partial charge in [-0.3, -0.25) is 4.79 Å². The molecule has 0 aliphatic carbocycles. The fourth-order valence-corrected chi connectivity index (χ4v) is 2.82. The summed E-state index contributed by atoms with van der Waals surface area (Å²) in [4.78, 5) is 10.8. The predicted molar refractivity (Wildman–Crippen MR) is 55.3 cm³/mol. The van der Waals surface area contributed by atoms with Crippen LogP contribution in [0.1, 0.15) is 46.5 Å². The maximum Gasteiger partial charge on any atom is 0.151 e. The third-order valence-corrected chi connectivity index (χ3v) is 3.73. The molecule has 0 amide bonds. The normalized spacial score (nSPS) is 27.8. The van der Waals surface area contributed by atoms with Crippen LogP contribution < -0.4 is 0 Å². The van der Waals surface area contributed by atoms with Crippen LogP contribution in [0.4, 0.5) is 0 Å². The molecule has 72 valence electrons. The second-order valence-electron chi connectivity index (χ2n) is 3.81. The summed E-state index contributed by atoms with van der Waals surface area (Å²) in [5.74, 6) is 0. The first kappa shape index (κ1) is 8.62. The molecule has 1 saturated heterocycles. The number of ether oxygens (including phenoxy) is 1. The number of rotatable bonds is 1. The van der Waals surface area contributed by atoms with E-state index >= 15 is 0 Å². The molecule has 0 N–H and O–H groups in total. The van der Waals surface area contributed by atoms with Gasteiger partial charge < -0.3 is 4.74 Å². The molecular weight excluding hydrogens is 244 g/mol. The van der Waals surface area contributed by atoms with Crippen molar-refractivity contribution < 1.29 is 9.53 Å². The molecule has 2 aliphatic heterocycles. The van der Waals surface area contributed by atoms with Crippen molar-refractivity contribution in [2.45, 2.75) is 25.0 Å². The third-order valence-electron chi connectivity index (χ3n) is 3.04. The molecule has 1 aromatic carbocycles. The van der Waals surface area contributed by atoms with Gasteiger partial charge in [-0.05, 0) is 36.1 Å². The van der Waals surface area contributed by atoms with Crippen molar-refractivity contribution >= 4 is 22.2 Å². The van der Waals surface area contributed by atoms with Crippen LogP contribution >= 0.6 is 15.9 Å². The Morgan fingerprint density at radius 1 is 1.29 bits per heavy atom. The van der Waals surface area contributed by atoms with Gasteiger partial charge in [0.1, 0.15) is 0 Å². The predicted octanol–water partition coefficient (Wildman–Crippen LogP) is 3.17. The van der Waals surface area contributed by atoms with Crippen molar-refractivity contribution in [2.24, 2.45) is 0 Å². The van der Waals surface area contributed by atoms with Gasteiger partial charge in [0.2, 0.25) is 0 Å². The number of carbonyl (C=O) groups excluding carboxylic acids is 1. The highest BCUT2D eigenvalue weighted by Crippen LogP contribution is 2.51. The summed E-state index contributed by atoms with van der Waals surface area (Å²) in [7, 11) is 0.